The Balaban J connectivity index is 3.43. The number of aliphatic hydroxyl groups is 8. The molecular weight excluding hydrogens is 1700 g/mol. The molecule has 54 heteroatoms. The van der Waals surface area contributed by atoms with Crippen LogP contribution in [0.3, 0.4) is 0 Å². The summed E-state index contributed by atoms with van der Waals surface area (Å²) in [7, 11) is 0. The lowest BCUT2D eigenvalue weighted by atomic mass is 9.98. The van der Waals surface area contributed by atoms with Crippen LogP contribution in [0.5, 0.6) is 0 Å². The second kappa shape index (κ2) is 63.9. The molecule has 126 heavy (non-hydrogen) atoms. The fraction of sp³-hybridized carbons (Fsp3) is 0.792. The van der Waals surface area contributed by atoms with Gasteiger partial charge in [0.05, 0.1) is 123 Å². The molecular formula is C72H126N12O42. The number of nitrogens with zero attached hydrogens (tertiary/aromatic N) is 9. The van der Waals surface area contributed by atoms with Gasteiger partial charge in [0.1, 0.15) is 60.9 Å². The Morgan fingerprint density at radius 1 is 0.302 bits per heavy atom. The minimum Gasteiger partial charge on any atom is -0.480 e. The Labute approximate surface area is 721 Å². The Morgan fingerprint density at radius 3 is 0.810 bits per heavy atom. The lowest BCUT2D eigenvalue weighted by molar-refractivity contribution is -0.329. The third-order valence-electron chi connectivity index (χ3n) is 19.3. The first kappa shape index (κ1) is 115. The smallest absolute Gasteiger partial charge is 0.320 e. The average molecular weight is 1830 g/mol. The summed E-state index contributed by atoms with van der Waals surface area (Å²) in [5.41, 5.74) is 0. The first-order valence-electron chi connectivity index (χ1n) is 40.1. The molecule has 0 amide bonds. The van der Waals surface area contributed by atoms with Crippen molar-refractivity contribution >= 4 is 89.5 Å². The first-order chi connectivity index (χ1) is 59.2. The number of aliphatic hydroxyl groups excluding tert-OH is 8. The SMILES string of the molecule is O=C(O)CN(CCN(CCN(CC(=O)O)CC(=O)O)C(CCCCNCC(O)COCC(O)C(OC1OC(COCC(O)CNCCCCC(C(=O)O)N(CCN(CC(=O)O)CC(=O)O)CCN(CC(=O)O)CC(=O)O)C(O)C(O)C1O)C(O)C(O)CNCCCCC(C(=O)O)N(CCN(CC(=O)O)CC(=O)O)CCN(CC(=O)O)CC(=O)O)C(=O)O)CC(=O)O. The summed E-state index contributed by atoms with van der Waals surface area (Å²) in [5.74, 6) is -20.9. The molecule has 726 valence electrons. The minimum absolute atomic E-state index is 0.0458. The van der Waals surface area contributed by atoms with Gasteiger partial charge in [-0.2, -0.15) is 0 Å². The van der Waals surface area contributed by atoms with Crippen LogP contribution >= 0.6 is 0 Å². The number of aliphatic carboxylic acids is 15. The standard InChI is InChI=1S/C72H126N12O42/c85-44(25-73-10-4-1-7-46(69(117)118)82(19-13-76(28-52(89)90)29-53(91)92)20-14-77(30-54(93)94)31-55(95)96)40-123-42-50(88)68(64(113)49(87)27-75-12-6-3-9-48(71(121)122)84(23-17-80(36-60(105)106)37-61(107)108)24-18-81(38-62(109)110)39-63(111)112)126-72-67(116)66(115)65(114)51(125-72)43-124-41-45(86)26-74-11-5-2-8-47(70(119)120)83(21-15-78(32-56(97)98)33-57(99)100)22-16-79(34-58(101)102)35-59(103)104/h44-51,64-68,72-75,85-88,113-116H,1-43H2,(H,89,90)(H,91,92)(H,93,94)(H,95,96)(H,97,98)(H,99,100)(H,101,102)(H,103,104)(H,105,106)(H,107,108)(H,109,110)(H,111,112)(H,117,118)(H,119,120)(H,121,122). The van der Waals surface area contributed by atoms with E-state index in [-0.39, 0.29) is 169 Å². The molecule has 1 aliphatic rings. The van der Waals surface area contributed by atoms with Crippen LogP contribution in [-0.2, 0) is 90.9 Å². The van der Waals surface area contributed by atoms with Gasteiger partial charge < -0.3 is 152 Å². The molecule has 54 nitrogen and oxygen atoms in total. The van der Waals surface area contributed by atoms with E-state index in [4.69, 9.17) is 18.9 Å². The van der Waals surface area contributed by atoms with Crippen molar-refractivity contribution in [1.82, 2.24) is 60.0 Å². The maximum Gasteiger partial charge on any atom is 0.320 e. The Bertz CT molecular complexity index is 3110. The summed E-state index contributed by atoms with van der Waals surface area (Å²) in [6.45, 7) is -15.6. The predicted molar refractivity (Wildman–Crippen MR) is 423 cm³/mol. The van der Waals surface area contributed by atoms with Crippen LogP contribution < -0.4 is 16.0 Å². The highest BCUT2D eigenvalue weighted by Gasteiger charge is 2.48. The van der Waals surface area contributed by atoms with E-state index in [1.165, 1.54) is 14.7 Å². The average Bonchev–Trinajstić information content (AvgIpc) is 0.800. The third-order valence-corrected chi connectivity index (χ3v) is 19.3. The molecule has 0 bridgehead atoms. The maximum atomic E-state index is 12.8. The van der Waals surface area contributed by atoms with Crippen LogP contribution in [0.25, 0.3) is 0 Å². The fourth-order valence-electron chi connectivity index (χ4n) is 13.3. The van der Waals surface area contributed by atoms with Gasteiger partial charge in [-0.25, -0.2) is 0 Å². The van der Waals surface area contributed by atoms with Gasteiger partial charge in [0.15, 0.2) is 6.29 Å². The molecule has 0 aromatic carbocycles. The molecule has 1 fully saturated rings. The van der Waals surface area contributed by atoms with Crippen molar-refractivity contribution in [1.29, 1.82) is 0 Å². The molecule has 14 atom stereocenters. The molecule has 14 unspecified atom stereocenters. The van der Waals surface area contributed by atoms with Crippen molar-refractivity contribution in [3.05, 3.63) is 0 Å². The monoisotopic (exact) mass is 1830 g/mol. The first-order valence-corrected chi connectivity index (χ1v) is 40.1. The van der Waals surface area contributed by atoms with Crippen LogP contribution in [0.15, 0.2) is 0 Å². The van der Waals surface area contributed by atoms with E-state index in [2.05, 4.69) is 16.0 Å². The normalized spacial score (nSPS) is 17.7. The zero-order valence-electron chi connectivity index (χ0n) is 69.6. The summed E-state index contributed by atoms with van der Waals surface area (Å²) in [5, 5.41) is 242. The van der Waals surface area contributed by atoms with E-state index < -0.39 is 287 Å². The number of unbranched alkanes of at least 4 members (excludes halogenated alkanes) is 3. The lowest BCUT2D eigenvalue weighted by Gasteiger charge is -2.42. The lowest BCUT2D eigenvalue weighted by Crippen LogP contribution is -2.62. The molecule has 0 spiro atoms. The van der Waals surface area contributed by atoms with Gasteiger partial charge in [-0.1, -0.05) is 19.3 Å². The zero-order valence-corrected chi connectivity index (χ0v) is 69.6. The molecule has 0 aromatic heterocycles. The molecule has 0 aliphatic carbocycles. The second-order valence-electron chi connectivity index (χ2n) is 29.9. The highest BCUT2D eigenvalue weighted by atomic mass is 16.7. The summed E-state index contributed by atoms with van der Waals surface area (Å²) < 4.78 is 22.8. The second-order valence-corrected chi connectivity index (χ2v) is 29.9. The molecule has 1 heterocycles. The summed E-state index contributed by atoms with van der Waals surface area (Å²) >= 11 is 0. The Hall–Kier alpha value is -8.91. The minimum atomic E-state index is -2.21. The van der Waals surface area contributed by atoms with Crippen molar-refractivity contribution < 1.29 is 208 Å². The van der Waals surface area contributed by atoms with Gasteiger partial charge >= 0.3 is 89.5 Å². The molecule has 1 saturated heterocycles. The number of carbonyl (C=O) groups is 15. The van der Waals surface area contributed by atoms with Crippen molar-refractivity contribution in [2.45, 2.75) is 143 Å². The molecule has 0 radical (unpaired) electrons. The van der Waals surface area contributed by atoms with E-state index in [9.17, 15) is 189 Å². The van der Waals surface area contributed by atoms with Crippen LogP contribution in [0, 0.1) is 0 Å². The van der Waals surface area contributed by atoms with Crippen LogP contribution in [0.4, 0.5) is 0 Å². The molecule has 26 N–H and O–H groups in total. The van der Waals surface area contributed by atoms with Crippen LogP contribution in [0.2, 0.25) is 0 Å². The van der Waals surface area contributed by atoms with Gasteiger partial charge in [-0.3, -0.25) is 116 Å². The molecule has 1 aliphatic heterocycles. The Kier molecular flexibility index (Phi) is 58.4. The summed E-state index contributed by atoms with van der Waals surface area (Å²) in [4.78, 5) is 186. The van der Waals surface area contributed by atoms with Gasteiger partial charge in [0.25, 0.3) is 0 Å². The Morgan fingerprint density at radius 2 is 0.556 bits per heavy atom. The van der Waals surface area contributed by atoms with Crippen molar-refractivity contribution in [2.24, 2.45) is 0 Å². The van der Waals surface area contributed by atoms with Crippen molar-refractivity contribution in [2.75, 3.05) is 223 Å². The quantitative estimate of drug-likeness (QED) is 0.0251. The van der Waals surface area contributed by atoms with E-state index in [0.717, 1.165) is 29.4 Å². The van der Waals surface area contributed by atoms with E-state index in [0.29, 0.717) is 0 Å². The summed E-state index contributed by atoms with van der Waals surface area (Å²) in [6, 6.07) is -4.08. The number of carboxylic acids is 15. The van der Waals surface area contributed by atoms with Crippen LogP contribution in [-0.4, -0.2) is 559 Å². The number of hydrogen-bond donors (Lipinski definition) is 26. The van der Waals surface area contributed by atoms with Crippen molar-refractivity contribution in [3.8, 4) is 0 Å². The van der Waals surface area contributed by atoms with Gasteiger partial charge in [0.2, 0.25) is 0 Å². The fourth-order valence-corrected chi connectivity index (χ4v) is 13.3. The topological polar surface area (TPSA) is 824 Å². The van der Waals surface area contributed by atoms with Gasteiger partial charge in [-0.05, 0) is 58.2 Å². The summed E-state index contributed by atoms with van der Waals surface area (Å²) in [6.07, 6.45) is -20.3. The number of rotatable bonds is 82. The number of carboxylic acid groups (broad SMARTS) is 15. The maximum absolute atomic E-state index is 12.8. The van der Waals surface area contributed by atoms with E-state index in [1.807, 2.05) is 0 Å². The van der Waals surface area contributed by atoms with Crippen LogP contribution in [0.1, 0.15) is 57.8 Å². The molecule has 1 rings (SSSR count). The van der Waals surface area contributed by atoms with Crippen molar-refractivity contribution in [3.63, 3.8) is 0 Å². The van der Waals surface area contributed by atoms with E-state index >= 15 is 0 Å². The molecule has 0 saturated carbocycles. The predicted octanol–water partition coefficient (Wildman–Crippen LogP) is -11.6. The highest BCUT2D eigenvalue weighted by Crippen LogP contribution is 2.26. The number of ether oxygens (including phenoxy) is 4. The zero-order chi connectivity index (χ0) is 95.3. The number of hydrogen-bond acceptors (Lipinski definition) is 39. The van der Waals surface area contributed by atoms with E-state index in [1.54, 1.807) is 0 Å². The van der Waals surface area contributed by atoms with Gasteiger partial charge in [-0.15, -0.1) is 0 Å². The highest BCUT2D eigenvalue weighted by molar-refractivity contribution is 5.77. The number of nitrogens with one attached hydrogen (secondary N) is 3. The largest absolute Gasteiger partial charge is 0.480 e. The van der Waals surface area contributed by atoms with Gasteiger partial charge in [0, 0.05) is 98.2 Å². The molecule has 0 aromatic rings. The third kappa shape index (κ3) is 53.0.